The van der Waals surface area contributed by atoms with E-state index < -0.39 is 0 Å². The summed E-state index contributed by atoms with van der Waals surface area (Å²) in [6, 6.07) is 0. The SMILES string of the molecule is CC(C)Cc1nc(C2CC3CCC2O3)[nH]c(=O)c1I. The number of ether oxygens (including phenoxy) is 1. The zero-order valence-electron chi connectivity index (χ0n) is 11.3. The van der Waals surface area contributed by atoms with Crippen LogP contribution in [0.2, 0.25) is 0 Å². The highest BCUT2D eigenvalue weighted by Gasteiger charge is 2.42. The summed E-state index contributed by atoms with van der Waals surface area (Å²) in [5, 5.41) is 0. The fourth-order valence-corrected chi connectivity index (χ4v) is 3.62. The third-order valence-electron chi connectivity index (χ3n) is 4.01. The molecule has 3 rings (SSSR count). The topological polar surface area (TPSA) is 55.0 Å². The fourth-order valence-electron chi connectivity index (χ4n) is 3.15. The lowest BCUT2D eigenvalue weighted by molar-refractivity contribution is 0.0998. The summed E-state index contributed by atoms with van der Waals surface area (Å²) in [5.41, 5.74) is 0.946. The number of aromatic amines is 1. The zero-order valence-corrected chi connectivity index (χ0v) is 13.4. The molecule has 19 heavy (non-hydrogen) atoms. The van der Waals surface area contributed by atoms with E-state index in [-0.39, 0.29) is 17.6 Å². The first kappa shape index (κ1) is 13.5. The smallest absolute Gasteiger partial charge is 0.264 e. The Labute approximate surface area is 126 Å². The van der Waals surface area contributed by atoms with Crippen LogP contribution in [0.4, 0.5) is 0 Å². The van der Waals surface area contributed by atoms with Crippen molar-refractivity contribution in [2.45, 2.75) is 57.7 Å². The second kappa shape index (κ2) is 5.16. The molecule has 0 spiro atoms. The van der Waals surface area contributed by atoms with Gasteiger partial charge < -0.3 is 9.72 Å². The molecule has 2 saturated heterocycles. The molecule has 104 valence electrons. The molecule has 3 heterocycles. The van der Waals surface area contributed by atoms with Crippen molar-refractivity contribution in [3.63, 3.8) is 0 Å². The highest BCUT2D eigenvalue weighted by Crippen LogP contribution is 2.43. The molecule has 0 aromatic carbocycles. The van der Waals surface area contributed by atoms with Gasteiger partial charge in [-0.1, -0.05) is 13.8 Å². The number of H-pyrrole nitrogens is 1. The lowest BCUT2D eigenvalue weighted by atomic mass is 9.88. The minimum absolute atomic E-state index is 0.00373. The number of halogens is 1. The van der Waals surface area contributed by atoms with Gasteiger partial charge in [0.15, 0.2) is 0 Å². The summed E-state index contributed by atoms with van der Waals surface area (Å²) in [6.45, 7) is 4.30. The van der Waals surface area contributed by atoms with Crippen LogP contribution >= 0.6 is 22.6 Å². The third kappa shape index (κ3) is 2.59. The predicted octanol–water partition coefficient (Wildman–Crippen LogP) is 2.61. The molecular weight excluding hydrogens is 355 g/mol. The van der Waals surface area contributed by atoms with E-state index in [9.17, 15) is 4.79 Å². The van der Waals surface area contributed by atoms with Gasteiger partial charge >= 0.3 is 0 Å². The van der Waals surface area contributed by atoms with Gasteiger partial charge in [-0.05, 0) is 54.2 Å². The molecule has 1 N–H and O–H groups in total. The maximum absolute atomic E-state index is 12.1. The molecule has 0 saturated carbocycles. The Morgan fingerprint density at radius 3 is 2.84 bits per heavy atom. The summed E-state index contributed by atoms with van der Waals surface area (Å²) >= 11 is 2.10. The summed E-state index contributed by atoms with van der Waals surface area (Å²) in [6.07, 6.45) is 4.78. The largest absolute Gasteiger partial charge is 0.374 e. The van der Waals surface area contributed by atoms with Gasteiger partial charge in [0, 0.05) is 5.92 Å². The quantitative estimate of drug-likeness (QED) is 0.828. The average molecular weight is 374 g/mol. The molecule has 3 atom stereocenters. The van der Waals surface area contributed by atoms with Crippen LogP contribution < -0.4 is 5.56 Å². The van der Waals surface area contributed by atoms with Crippen molar-refractivity contribution in [2.75, 3.05) is 0 Å². The monoisotopic (exact) mass is 374 g/mol. The molecule has 0 radical (unpaired) electrons. The Morgan fingerprint density at radius 1 is 1.47 bits per heavy atom. The number of nitrogens with one attached hydrogen (secondary N) is 1. The van der Waals surface area contributed by atoms with E-state index in [1.165, 1.54) is 0 Å². The van der Waals surface area contributed by atoms with E-state index in [0.717, 1.165) is 40.8 Å². The van der Waals surface area contributed by atoms with Crippen LogP contribution in [-0.4, -0.2) is 22.2 Å². The molecule has 2 bridgehead atoms. The number of hydrogen-bond donors (Lipinski definition) is 1. The first-order chi connectivity index (χ1) is 9.04. The lowest BCUT2D eigenvalue weighted by Gasteiger charge is -2.18. The van der Waals surface area contributed by atoms with Crippen LogP contribution in [0.3, 0.4) is 0 Å². The standard InChI is InChI=1S/C14H19IN2O2/c1-7(2)5-10-12(15)14(18)17-13(16-10)9-6-8-3-4-11(9)19-8/h7-9,11H,3-6H2,1-2H3,(H,16,17,18). The van der Waals surface area contributed by atoms with Gasteiger partial charge in [-0.3, -0.25) is 4.79 Å². The third-order valence-corrected chi connectivity index (χ3v) is 5.12. The zero-order chi connectivity index (χ0) is 13.6. The van der Waals surface area contributed by atoms with Gasteiger partial charge in [-0.15, -0.1) is 0 Å². The van der Waals surface area contributed by atoms with Crippen molar-refractivity contribution >= 4 is 22.6 Å². The molecule has 0 aliphatic carbocycles. The number of nitrogens with zero attached hydrogens (tertiary/aromatic N) is 1. The van der Waals surface area contributed by atoms with Crippen LogP contribution in [0.25, 0.3) is 0 Å². The number of rotatable bonds is 3. The Hall–Kier alpha value is -0.430. The molecule has 4 nitrogen and oxygen atoms in total. The highest BCUT2D eigenvalue weighted by atomic mass is 127. The Kier molecular flexibility index (Phi) is 3.68. The predicted molar refractivity (Wildman–Crippen MR) is 81.4 cm³/mol. The van der Waals surface area contributed by atoms with Crippen LogP contribution in [0.1, 0.15) is 50.5 Å². The molecule has 1 aromatic heterocycles. The molecule has 3 unspecified atom stereocenters. The summed E-state index contributed by atoms with van der Waals surface area (Å²) in [4.78, 5) is 19.8. The normalized spacial score (nSPS) is 29.4. The van der Waals surface area contributed by atoms with Gasteiger partial charge in [0.05, 0.1) is 21.5 Å². The molecule has 2 fully saturated rings. The number of fused-ring (bicyclic) bond motifs is 2. The van der Waals surface area contributed by atoms with E-state index in [1.54, 1.807) is 0 Å². The van der Waals surface area contributed by atoms with E-state index in [2.05, 4.69) is 41.4 Å². The van der Waals surface area contributed by atoms with Gasteiger partial charge in [0.1, 0.15) is 5.82 Å². The highest BCUT2D eigenvalue weighted by molar-refractivity contribution is 14.1. The van der Waals surface area contributed by atoms with Crippen molar-refractivity contribution in [2.24, 2.45) is 5.92 Å². The minimum atomic E-state index is 0.00373. The van der Waals surface area contributed by atoms with Crippen molar-refractivity contribution in [1.82, 2.24) is 9.97 Å². The van der Waals surface area contributed by atoms with Crippen molar-refractivity contribution in [3.8, 4) is 0 Å². The maximum Gasteiger partial charge on any atom is 0.264 e. The average Bonchev–Trinajstić information content (AvgIpc) is 2.96. The van der Waals surface area contributed by atoms with E-state index in [0.29, 0.717) is 12.0 Å². The first-order valence-corrected chi connectivity index (χ1v) is 8.06. The summed E-state index contributed by atoms with van der Waals surface area (Å²) in [7, 11) is 0. The second-order valence-corrected chi connectivity index (χ2v) is 7.10. The van der Waals surface area contributed by atoms with Crippen molar-refractivity contribution < 1.29 is 4.74 Å². The molecule has 2 aliphatic rings. The second-order valence-electron chi connectivity index (χ2n) is 6.03. The molecule has 0 amide bonds. The van der Waals surface area contributed by atoms with Gasteiger partial charge in [-0.2, -0.15) is 0 Å². The fraction of sp³-hybridized carbons (Fsp3) is 0.714. The molecule has 2 aliphatic heterocycles. The number of aromatic nitrogens is 2. The van der Waals surface area contributed by atoms with Crippen LogP contribution in [0, 0.1) is 9.49 Å². The first-order valence-electron chi connectivity index (χ1n) is 6.98. The van der Waals surface area contributed by atoms with Crippen LogP contribution in [0.5, 0.6) is 0 Å². The summed E-state index contributed by atoms with van der Waals surface area (Å²) < 4.78 is 6.60. The van der Waals surface area contributed by atoms with Crippen LogP contribution in [0.15, 0.2) is 4.79 Å². The van der Waals surface area contributed by atoms with E-state index in [1.807, 2.05) is 0 Å². The molecule has 1 aromatic rings. The van der Waals surface area contributed by atoms with Gasteiger partial charge in [0.2, 0.25) is 0 Å². The Morgan fingerprint density at radius 2 is 2.26 bits per heavy atom. The van der Waals surface area contributed by atoms with Crippen LogP contribution in [-0.2, 0) is 11.2 Å². The van der Waals surface area contributed by atoms with Crippen molar-refractivity contribution in [1.29, 1.82) is 0 Å². The Bertz CT molecular complexity index is 541. The van der Waals surface area contributed by atoms with E-state index in [4.69, 9.17) is 9.72 Å². The Balaban J connectivity index is 1.94. The maximum atomic E-state index is 12.1. The lowest BCUT2D eigenvalue weighted by Crippen LogP contribution is -2.24. The van der Waals surface area contributed by atoms with Gasteiger partial charge in [-0.25, -0.2) is 4.98 Å². The van der Waals surface area contributed by atoms with Gasteiger partial charge in [0.25, 0.3) is 5.56 Å². The minimum Gasteiger partial charge on any atom is -0.374 e. The molecular formula is C14H19IN2O2. The number of hydrogen-bond acceptors (Lipinski definition) is 3. The van der Waals surface area contributed by atoms with Crippen molar-refractivity contribution in [3.05, 3.63) is 25.4 Å². The van der Waals surface area contributed by atoms with E-state index >= 15 is 0 Å². The summed E-state index contributed by atoms with van der Waals surface area (Å²) in [5.74, 6) is 1.63. The molecule has 5 heteroatoms.